The molecule has 2 aliphatic rings. The molecule has 2 aromatic carbocycles. The number of benzene rings is 2. The monoisotopic (exact) mass is 588 g/mol. The normalized spacial score (nSPS) is 20.7. The highest BCUT2D eigenvalue weighted by Crippen LogP contribution is 2.36. The predicted molar refractivity (Wildman–Crippen MR) is 176 cm³/mol. The van der Waals surface area contributed by atoms with E-state index in [0.717, 1.165) is 35.2 Å². The summed E-state index contributed by atoms with van der Waals surface area (Å²) in [5, 5.41) is 1.76. The molecule has 43 heavy (non-hydrogen) atoms. The number of fused-ring (bicyclic) bond motifs is 2. The molecular formula is C36H52N4O3. The van der Waals surface area contributed by atoms with Gasteiger partial charge in [0.15, 0.2) is 0 Å². The number of hydrogen-bond acceptors (Lipinski definition) is 5. The van der Waals surface area contributed by atoms with Crippen LogP contribution in [0, 0.1) is 10.8 Å². The van der Waals surface area contributed by atoms with E-state index in [2.05, 4.69) is 64.3 Å². The lowest BCUT2D eigenvalue weighted by Gasteiger charge is -2.53. The number of nitrogens with two attached hydrogens (primary N) is 1. The Balaban J connectivity index is 1.39. The molecular weight excluding hydrogens is 536 g/mol. The van der Waals surface area contributed by atoms with E-state index in [9.17, 15) is 9.59 Å². The fourth-order valence-electron chi connectivity index (χ4n) is 6.15. The van der Waals surface area contributed by atoms with Crippen LogP contribution in [-0.4, -0.2) is 47.7 Å². The van der Waals surface area contributed by atoms with Gasteiger partial charge in [-0.15, -0.1) is 0 Å². The second-order valence-electron chi connectivity index (χ2n) is 14.4. The summed E-state index contributed by atoms with van der Waals surface area (Å²) in [7, 11) is 0. The second-order valence-corrected chi connectivity index (χ2v) is 14.4. The number of nitrogens with zero attached hydrogens (tertiary/aromatic N) is 2. The summed E-state index contributed by atoms with van der Waals surface area (Å²) in [5.74, 6) is 0.0958. The SMILES string of the molecule is CCC(C)(CC(C)(C)CN)OCCC(C)(C)C(=O)N1NCC1(C)CCC(=O)N1Cc2ccccc2/C=C\c2ccccc21. The molecule has 3 N–H and O–H groups in total. The van der Waals surface area contributed by atoms with Gasteiger partial charge in [-0.2, -0.15) is 0 Å². The molecule has 2 aromatic rings. The van der Waals surface area contributed by atoms with Crippen molar-refractivity contribution < 1.29 is 14.3 Å². The molecule has 7 heteroatoms. The molecule has 2 amide bonds. The maximum Gasteiger partial charge on any atom is 0.242 e. The zero-order valence-corrected chi connectivity index (χ0v) is 27.3. The Bertz CT molecular complexity index is 1340. The summed E-state index contributed by atoms with van der Waals surface area (Å²) in [6.45, 7) is 16.9. The van der Waals surface area contributed by atoms with Crippen molar-refractivity contribution in [1.29, 1.82) is 0 Å². The lowest BCUT2D eigenvalue weighted by atomic mass is 9.79. The average Bonchev–Trinajstić information content (AvgIpc) is 2.96. The average molecular weight is 589 g/mol. The van der Waals surface area contributed by atoms with E-state index in [-0.39, 0.29) is 22.8 Å². The van der Waals surface area contributed by atoms with E-state index in [1.54, 1.807) is 5.01 Å². The van der Waals surface area contributed by atoms with E-state index in [1.807, 2.05) is 55.1 Å². The molecule has 2 unspecified atom stereocenters. The van der Waals surface area contributed by atoms with Crippen molar-refractivity contribution in [1.82, 2.24) is 10.4 Å². The fourth-order valence-corrected chi connectivity index (χ4v) is 6.15. The van der Waals surface area contributed by atoms with Crippen molar-refractivity contribution in [2.24, 2.45) is 16.6 Å². The van der Waals surface area contributed by atoms with Crippen molar-refractivity contribution in [3.63, 3.8) is 0 Å². The molecule has 1 saturated heterocycles. The largest absolute Gasteiger partial charge is 0.375 e. The summed E-state index contributed by atoms with van der Waals surface area (Å²) in [4.78, 5) is 29.5. The first-order valence-corrected chi connectivity index (χ1v) is 15.8. The summed E-state index contributed by atoms with van der Waals surface area (Å²) < 4.78 is 6.40. The Hall–Kier alpha value is -3.00. The third-order valence-corrected chi connectivity index (χ3v) is 9.50. The molecule has 4 rings (SSSR count). The molecule has 0 aliphatic carbocycles. The number of hydrogen-bond donors (Lipinski definition) is 2. The van der Waals surface area contributed by atoms with Gasteiger partial charge in [-0.25, -0.2) is 5.43 Å². The first-order valence-electron chi connectivity index (χ1n) is 15.8. The predicted octanol–water partition coefficient (Wildman–Crippen LogP) is 6.57. The lowest BCUT2D eigenvalue weighted by molar-refractivity contribution is -0.168. The Kier molecular flexibility index (Phi) is 9.89. The van der Waals surface area contributed by atoms with Gasteiger partial charge in [0.1, 0.15) is 0 Å². The molecule has 234 valence electrons. The first-order chi connectivity index (χ1) is 20.2. The third kappa shape index (κ3) is 7.57. The van der Waals surface area contributed by atoms with Crippen LogP contribution in [0.1, 0.15) is 97.3 Å². The van der Waals surface area contributed by atoms with Gasteiger partial charge < -0.3 is 15.4 Å². The van der Waals surface area contributed by atoms with Crippen LogP contribution in [0.15, 0.2) is 48.5 Å². The smallest absolute Gasteiger partial charge is 0.242 e. The number of carbonyl (C=O) groups is 2. The third-order valence-electron chi connectivity index (χ3n) is 9.50. The summed E-state index contributed by atoms with van der Waals surface area (Å²) in [6.07, 6.45) is 7.48. The van der Waals surface area contributed by atoms with E-state index in [0.29, 0.717) is 45.5 Å². The van der Waals surface area contributed by atoms with E-state index >= 15 is 0 Å². The molecule has 2 aliphatic heterocycles. The molecule has 0 radical (unpaired) electrons. The van der Waals surface area contributed by atoms with Crippen LogP contribution in [-0.2, 0) is 20.9 Å². The molecule has 0 aromatic heterocycles. The maximum atomic E-state index is 13.8. The zero-order valence-electron chi connectivity index (χ0n) is 27.3. The molecule has 0 saturated carbocycles. The van der Waals surface area contributed by atoms with Gasteiger partial charge in [-0.05, 0) is 74.2 Å². The van der Waals surface area contributed by atoms with E-state index in [1.165, 1.54) is 0 Å². The number of amides is 2. The van der Waals surface area contributed by atoms with E-state index < -0.39 is 11.0 Å². The first kappa shape index (κ1) is 32.9. The van der Waals surface area contributed by atoms with Gasteiger partial charge in [0.05, 0.1) is 23.4 Å². The standard InChI is InChI=1S/C36H52N4O3/c1-8-36(7,24-33(2,3)25-37)43-22-21-34(4,5)32(42)40-35(6,26-38-40)20-19-31(41)39-23-29-15-10-9-13-27(29)17-18-28-14-11-12-16-30(28)39/h9-18,38H,8,19-26,37H2,1-7H3/b18-17-. The highest BCUT2D eigenvalue weighted by atomic mass is 16.5. The number of hydrazine groups is 1. The van der Waals surface area contributed by atoms with Crippen LogP contribution in [0.2, 0.25) is 0 Å². The van der Waals surface area contributed by atoms with Gasteiger partial charge in [-0.3, -0.25) is 14.6 Å². The van der Waals surface area contributed by atoms with Crippen LogP contribution in [0.25, 0.3) is 12.2 Å². The number of carbonyl (C=O) groups excluding carboxylic acids is 2. The van der Waals surface area contributed by atoms with Gasteiger partial charge >= 0.3 is 0 Å². The highest BCUT2D eigenvalue weighted by molar-refractivity contribution is 5.97. The molecule has 0 bridgehead atoms. The van der Waals surface area contributed by atoms with Crippen molar-refractivity contribution in [2.75, 3.05) is 24.6 Å². The van der Waals surface area contributed by atoms with Gasteiger partial charge in [-0.1, -0.05) is 89.2 Å². The summed E-state index contributed by atoms with van der Waals surface area (Å²) >= 11 is 0. The van der Waals surface area contributed by atoms with Gasteiger partial charge in [0.25, 0.3) is 0 Å². The van der Waals surface area contributed by atoms with Crippen LogP contribution in [0.5, 0.6) is 0 Å². The van der Waals surface area contributed by atoms with Crippen molar-refractivity contribution in [2.45, 2.75) is 98.3 Å². The summed E-state index contributed by atoms with van der Waals surface area (Å²) in [5.41, 5.74) is 12.1. The number of ether oxygens (including phenoxy) is 1. The molecule has 2 heterocycles. The Morgan fingerprint density at radius 3 is 2.30 bits per heavy atom. The second kappa shape index (κ2) is 12.9. The minimum atomic E-state index is -0.616. The van der Waals surface area contributed by atoms with Crippen LogP contribution in [0.3, 0.4) is 0 Å². The van der Waals surface area contributed by atoms with Crippen molar-refractivity contribution in [3.05, 3.63) is 65.2 Å². The minimum Gasteiger partial charge on any atom is -0.375 e. The summed E-state index contributed by atoms with van der Waals surface area (Å²) in [6, 6.07) is 16.3. The molecule has 2 atom stereocenters. The van der Waals surface area contributed by atoms with Crippen molar-refractivity contribution in [3.8, 4) is 0 Å². The quantitative estimate of drug-likeness (QED) is 0.293. The molecule has 7 nitrogen and oxygen atoms in total. The van der Waals surface area contributed by atoms with E-state index in [4.69, 9.17) is 10.5 Å². The van der Waals surface area contributed by atoms with Gasteiger partial charge in [0, 0.05) is 25.0 Å². The van der Waals surface area contributed by atoms with Crippen LogP contribution >= 0.6 is 0 Å². The van der Waals surface area contributed by atoms with Gasteiger partial charge in [0.2, 0.25) is 11.8 Å². The maximum absolute atomic E-state index is 13.8. The topological polar surface area (TPSA) is 87.9 Å². The Labute approximate surface area is 258 Å². The Morgan fingerprint density at radius 2 is 1.65 bits per heavy atom. The number of rotatable bonds is 12. The number of anilines is 1. The fraction of sp³-hybridized carbons (Fsp3) is 0.556. The number of nitrogens with one attached hydrogen (secondary N) is 1. The zero-order chi connectivity index (χ0) is 31.5. The number of para-hydroxylation sites is 1. The molecule has 0 spiro atoms. The van der Waals surface area contributed by atoms with Crippen molar-refractivity contribution >= 4 is 29.7 Å². The lowest BCUT2D eigenvalue weighted by Crippen LogP contribution is -2.74. The van der Waals surface area contributed by atoms with Crippen LogP contribution < -0.4 is 16.1 Å². The Morgan fingerprint density at radius 1 is 1.00 bits per heavy atom. The highest BCUT2D eigenvalue weighted by Gasteiger charge is 2.48. The molecule has 1 fully saturated rings. The minimum absolute atomic E-state index is 0.00832. The van der Waals surface area contributed by atoms with Crippen LogP contribution in [0.4, 0.5) is 5.69 Å².